The van der Waals surface area contributed by atoms with Crippen molar-refractivity contribution in [3.8, 4) is 0 Å². The van der Waals surface area contributed by atoms with Gasteiger partial charge in [0.25, 0.3) is 0 Å². The van der Waals surface area contributed by atoms with Gasteiger partial charge in [0.1, 0.15) is 11.1 Å². The number of carbonyl (C=O) groups excluding carboxylic acids is 2. The van der Waals surface area contributed by atoms with Crippen LogP contribution < -0.4 is 5.32 Å². The molecular formula is C15H28N2O2. The van der Waals surface area contributed by atoms with Crippen molar-refractivity contribution in [3.05, 3.63) is 0 Å². The van der Waals surface area contributed by atoms with Gasteiger partial charge in [0, 0.05) is 6.54 Å². The lowest BCUT2D eigenvalue weighted by Crippen LogP contribution is -2.73. The summed E-state index contributed by atoms with van der Waals surface area (Å²) in [7, 11) is 0. The van der Waals surface area contributed by atoms with Crippen LogP contribution in [0.25, 0.3) is 0 Å². The van der Waals surface area contributed by atoms with Crippen LogP contribution in [0.15, 0.2) is 0 Å². The molecule has 0 aromatic heterocycles. The van der Waals surface area contributed by atoms with Gasteiger partial charge in [-0.2, -0.15) is 0 Å². The number of amides is 2. The summed E-state index contributed by atoms with van der Waals surface area (Å²) >= 11 is 0. The Bertz CT molecular complexity index is 352. The summed E-state index contributed by atoms with van der Waals surface area (Å²) in [4.78, 5) is 26.6. The highest BCUT2D eigenvalue weighted by Gasteiger charge is 2.51. The number of nitrogens with zero attached hydrogens (tertiary/aromatic N) is 1. The molecule has 0 spiro atoms. The second-order valence-electron chi connectivity index (χ2n) is 6.22. The van der Waals surface area contributed by atoms with Crippen LogP contribution in [-0.2, 0) is 9.59 Å². The lowest BCUT2D eigenvalue weighted by atomic mass is 9.86. The quantitative estimate of drug-likeness (QED) is 0.752. The Morgan fingerprint density at radius 2 is 1.68 bits per heavy atom. The third kappa shape index (κ3) is 3.10. The highest BCUT2D eigenvalue weighted by molar-refractivity contribution is 6.01. The van der Waals surface area contributed by atoms with Gasteiger partial charge in [0.15, 0.2) is 0 Å². The fourth-order valence-electron chi connectivity index (χ4n) is 2.55. The molecule has 1 N–H and O–H groups in total. The minimum atomic E-state index is -0.781. The van der Waals surface area contributed by atoms with Gasteiger partial charge in [-0.1, -0.05) is 33.1 Å². The fourth-order valence-corrected chi connectivity index (χ4v) is 2.55. The van der Waals surface area contributed by atoms with E-state index in [-0.39, 0.29) is 11.8 Å². The molecule has 0 radical (unpaired) electrons. The molecule has 1 aliphatic heterocycles. The van der Waals surface area contributed by atoms with Crippen LogP contribution in [0.1, 0.15) is 66.7 Å². The number of carbonyl (C=O) groups is 2. The minimum absolute atomic E-state index is 0.0323. The molecule has 0 aromatic rings. The molecule has 1 fully saturated rings. The maximum absolute atomic E-state index is 12.5. The van der Waals surface area contributed by atoms with Crippen LogP contribution in [0.5, 0.6) is 0 Å². The number of piperazine rings is 1. The van der Waals surface area contributed by atoms with Gasteiger partial charge in [-0.3, -0.25) is 9.59 Å². The molecule has 0 saturated carbocycles. The first-order chi connectivity index (χ1) is 8.79. The third-order valence-corrected chi connectivity index (χ3v) is 4.21. The smallest absolute Gasteiger partial charge is 0.248 e. The predicted molar refractivity (Wildman–Crippen MR) is 76.8 cm³/mol. The first kappa shape index (κ1) is 16.0. The second kappa shape index (κ2) is 5.93. The lowest BCUT2D eigenvalue weighted by Gasteiger charge is -2.49. The zero-order valence-electron chi connectivity index (χ0n) is 13.0. The van der Waals surface area contributed by atoms with Gasteiger partial charge in [-0.25, -0.2) is 0 Å². The molecule has 19 heavy (non-hydrogen) atoms. The molecule has 4 nitrogen and oxygen atoms in total. The van der Waals surface area contributed by atoms with E-state index in [2.05, 4.69) is 12.2 Å². The standard InChI is InChI=1S/C15H28N2O2/c1-6-8-9-10-11-17-13(19)14(3,4)16-12(18)15(17,5)7-2/h6-11H2,1-5H3,(H,16,18). The molecule has 2 amide bonds. The third-order valence-electron chi connectivity index (χ3n) is 4.21. The van der Waals surface area contributed by atoms with Crippen molar-refractivity contribution >= 4 is 11.8 Å². The van der Waals surface area contributed by atoms with E-state index in [0.29, 0.717) is 13.0 Å². The van der Waals surface area contributed by atoms with E-state index in [9.17, 15) is 9.59 Å². The molecule has 4 heteroatoms. The van der Waals surface area contributed by atoms with Gasteiger partial charge in [0.05, 0.1) is 0 Å². The molecule has 1 rings (SSSR count). The number of unbranched alkanes of at least 4 members (excludes halogenated alkanes) is 3. The Morgan fingerprint density at radius 3 is 2.21 bits per heavy atom. The van der Waals surface area contributed by atoms with Gasteiger partial charge < -0.3 is 10.2 Å². The predicted octanol–water partition coefficient (Wildman–Crippen LogP) is 2.47. The Morgan fingerprint density at radius 1 is 1.05 bits per heavy atom. The molecule has 110 valence electrons. The minimum Gasteiger partial charge on any atom is -0.340 e. The maximum Gasteiger partial charge on any atom is 0.248 e. The summed E-state index contributed by atoms with van der Waals surface area (Å²) in [6.07, 6.45) is 5.08. The lowest BCUT2D eigenvalue weighted by molar-refractivity contribution is -0.161. The molecule has 0 aliphatic carbocycles. The van der Waals surface area contributed by atoms with Crippen LogP contribution in [0.4, 0.5) is 0 Å². The normalized spacial score (nSPS) is 26.5. The molecular weight excluding hydrogens is 240 g/mol. The van der Waals surface area contributed by atoms with Gasteiger partial charge in [0.2, 0.25) is 11.8 Å². The Balaban J connectivity index is 2.85. The Labute approximate surface area is 116 Å². The van der Waals surface area contributed by atoms with Crippen molar-refractivity contribution in [3.63, 3.8) is 0 Å². The van der Waals surface area contributed by atoms with Crippen LogP contribution in [-0.4, -0.2) is 34.3 Å². The van der Waals surface area contributed by atoms with E-state index in [1.807, 2.05) is 13.8 Å². The van der Waals surface area contributed by atoms with E-state index in [0.717, 1.165) is 12.8 Å². The molecule has 1 heterocycles. The van der Waals surface area contributed by atoms with Crippen molar-refractivity contribution in [1.29, 1.82) is 0 Å². The molecule has 0 bridgehead atoms. The first-order valence-electron chi connectivity index (χ1n) is 7.44. The van der Waals surface area contributed by atoms with E-state index in [1.165, 1.54) is 12.8 Å². The fraction of sp³-hybridized carbons (Fsp3) is 0.867. The monoisotopic (exact) mass is 268 g/mol. The van der Waals surface area contributed by atoms with Crippen molar-refractivity contribution < 1.29 is 9.59 Å². The molecule has 0 aromatic carbocycles. The van der Waals surface area contributed by atoms with Gasteiger partial charge in [-0.15, -0.1) is 0 Å². The number of hydrogen-bond acceptors (Lipinski definition) is 2. The van der Waals surface area contributed by atoms with E-state index < -0.39 is 11.1 Å². The van der Waals surface area contributed by atoms with Crippen molar-refractivity contribution in [1.82, 2.24) is 10.2 Å². The highest BCUT2D eigenvalue weighted by atomic mass is 16.2. The largest absolute Gasteiger partial charge is 0.340 e. The summed E-state index contributed by atoms with van der Waals surface area (Å²) in [6, 6.07) is 0. The van der Waals surface area contributed by atoms with Crippen molar-refractivity contribution in [2.24, 2.45) is 0 Å². The van der Waals surface area contributed by atoms with E-state index in [4.69, 9.17) is 0 Å². The van der Waals surface area contributed by atoms with Crippen molar-refractivity contribution in [2.75, 3.05) is 6.54 Å². The molecule has 1 atom stereocenters. The Kier molecular flexibility index (Phi) is 4.99. The average molecular weight is 268 g/mol. The summed E-state index contributed by atoms with van der Waals surface area (Å²) in [6.45, 7) is 10.2. The Hall–Kier alpha value is -1.06. The maximum atomic E-state index is 12.5. The topological polar surface area (TPSA) is 49.4 Å². The number of nitrogens with one attached hydrogen (secondary N) is 1. The van der Waals surface area contributed by atoms with Crippen LogP contribution in [0.3, 0.4) is 0 Å². The van der Waals surface area contributed by atoms with Crippen LogP contribution >= 0.6 is 0 Å². The first-order valence-corrected chi connectivity index (χ1v) is 7.44. The van der Waals surface area contributed by atoms with Gasteiger partial charge in [-0.05, 0) is 33.6 Å². The van der Waals surface area contributed by atoms with Gasteiger partial charge >= 0.3 is 0 Å². The number of rotatable bonds is 6. The van der Waals surface area contributed by atoms with Crippen LogP contribution in [0, 0.1) is 0 Å². The SMILES string of the molecule is CCCCCCN1C(=O)C(C)(C)NC(=O)C1(C)CC. The zero-order chi connectivity index (χ0) is 14.7. The molecule has 1 unspecified atom stereocenters. The summed E-state index contributed by atoms with van der Waals surface area (Å²) in [5.74, 6) is 0.00281. The van der Waals surface area contributed by atoms with E-state index >= 15 is 0 Å². The van der Waals surface area contributed by atoms with Crippen LogP contribution in [0.2, 0.25) is 0 Å². The summed E-state index contributed by atoms with van der Waals surface area (Å²) in [5, 5.41) is 2.85. The highest BCUT2D eigenvalue weighted by Crippen LogP contribution is 2.29. The average Bonchev–Trinajstić information content (AvgIpc) is 2.35. The summed E-state index contributed by atoms with van der Waals surface area (Å²) in [5.41, 5.74) is -1.48. The molecule has 1 saturated heterocycles. The summed E-state index contributed by atoms with van der Waals surface area (Å²) < 4.78 is 0. The molecule has 1 aliphatic rings. The van der Waals surface area contributed by atoms with Crippen molar-refractivity contribution in [2.45, 2.75) is 77.8 Å². The number of hydrogen-bond donors (Lipinski definition) is 1. The zero-order valence-corrected chi connectivity index (χ0v) is 13.0. The second-order valence-corrected chi connectivity index (χ2v) is 6.22. The van der Waals surface area contributed by atoms with E-state index in [1.54, 1.807) is 18.7 Å².